The van der Waals surface area contributed by atoms with Crippen LogP contribution in [0.5, 0.6) is 11.5 Å². The normalized spacial score (nSPS) is 14.0. The number of fused-ring (bicyclic) bond motifs is 1. The Hall–Kier alpha value is -2.63. The second-order valence-electron chi connectivity index (χ2n) is 7.46. The van der Waals surface area contributed by atoms with Crippen molar-refractivity contribution in [3.8, 4) is 11.5 Å². The summed E-state index contributed by atoms with van der Waals surface area (Å²) in [5, 5.41) is 0. The number of pyridine rings is 1. The van der Waals surface area contributed by atoms with Crippen LogP contribution in [-0.2, 0) is 17.7 Å². The third-order valence-electron chi connectivity index (χ3n) is 3.98. The Labute approximate surface area is 152 Å². The van der Waals surface area contributed by atoms with E-state index in [1.807, 2.05) is 27.7 Å². The molecule has 5 nitrogen and oxygen atoms in total. The van der Waals surface area contributed by atoms with Crippen LogP contribution in [0.4, 0.5) is 9.18 Å². The summed E-state index contributed by atoms with van der Waals surface area (Å²) < 4.78 is 25.1. The van der Waals surface area contributed by atoms with Crippen molar-refractivity contribution >= 4 is 6.09 Å². The molecule has 0 saturated carbocycles. The molecule has 0 N–H and O–H groups in total. The van der Waals surface area contributed by atoms with Gasteiger partial charge in [0.2, 0.25) is 0 Å². The zero-order valence-corrected chi connectivity index (χ0v) is 15.5. The number of hydrogen-bond donors (Lipinski definition) is 0. The number of rotatable bonds is 2. The van der Waals surface area contributed by atoms with Gasteiger partial charge in [-0.2, -0.15) is 0 Å². The minimum absolute atomic E-state index is 0.150. The van der Waals surface area contributed by atoms with Crippen molar-refractivity contribution in [3.05, 3.63) is 53.1 Å². The molecule has 2 heterocycles. The number of benzene rings is 1. The first-order valence-corrected chi connectivity index (χ1v) is 8.61. The lowest BCUT2D eigenvalue weighted by molar-refractivity contribution is 0.0222. The minimum Gasteiger partial charge on any atom is -0.453 e. The van der Waals surface area contributed by atoms with Gasteiger partial charge < -0.3 is 14.4 Å². The highest BCUT2D eigenvalue weighted by Gasteiger charge is 2.26. The van der Waals surface area contributed by atoms with Gasteiger partial charge in [-0.15, -0.1) is 0 Å². The molecule has 0 unspecified atom stereocenters. The number of carbonyl (C=O) groups excluding carboxylic acids is 1. The van der Waals surface area contributed by atoms with Crippen LogP contribution >= 0.6 is 0 Å². The molecule has 1 aromatic carbocycles. The van der Waals surface area contributed by atoms with E-state index in [0.717, 1.165) is 16.8 Å². The van der Waals surface area contributed by atoms with Crippen LogP contribution < -0.4 is 4.74 Å². The van der Waals surface area contributed by atoms with Crippen LogP contribution in [0.25, 0.3) is 0 Å². The highest BCUT2D eigenvalue weighted by atomic mass is 19.1. The Morgan fingerprint density at radius 3 is 2.73 bits per heavy atom. The van der Waals surface area contributed by atoms with Gasteiger partial charge in [0.05, 0.1) is 12.7 Å². The zero-order valence-electron chi connectivity index (χ0n) is 15.5. The highest BCUT2D eigenvalue weighted by molar-refractivity contribution is 5.68. The summed E-state index contributed by atoms with van der Waals surface area (Å²) in [5.41, 5.74) is 2.09. The Balaban J connectivity index is 1.76. The predicted molar refractivity (Wildman–Crippen MR) is 95.8 cm³/mol. The second kappa shape index (κ2) is 6.94. The fourth-order valence-corrected chi connectivity index (χ4v) is 2.76. The van der Waals surface area contributed by atoms with Gasteiger partial charge in [0.15, 0.2) is 11.6 Å². The summed E-state index contributed by atoms with van der Waals surface area (Å²) in [6.45, 7) is 8.29. The smallest absolute Gasteiger partial charge is 0.410 e. The molecule has 0 saturated heterocycles. The number of nitrogens with zero attached hydrogens (tertiary/aromatic N) is 2. The maximum atomic E-state index is 14.0. The summed E-state index contributed by atoms with van der Waals surface area (Å²) >= 11 is 0. The van der Waals surface area contributed by atoms with Crippen LogP contribution in [0.15, 0.2) is 30.5 Å². The van der Waals surface area contributed by atoms with E-state index < -0.39 is 11.4 Å². The number of ether oxygens (including phenoxy) is 2. The average molecular weight is 358 g/mol. The van der Waals surface area contributed by atoms with E-state index in [-0.39, 0.29) is 11.8 Å². The Kier molecular flexibility index (Phi) is 4.85. The minimum atomic E-state index is -0.538. The lowest BCUT2D eigenvalue weighted by atomic mass is 10.1. The molecule has 0 spiro atoms. The molecule has 0 radical (unpaired) electrons. The number of aryl methyl sites for hydroxylation is 1. The molecule has 1 aromatic heterocycles. The molecule has 1 aliphatic rings. The summed E-state index contributed by atoms with van der Waals surface area (Å²) in [6, 6.07) is 6.61. The van der Waals surface area contributed by atoms with Crippen LogP contribution in [0.3, 0.4) is 0 Å². The molecule has 3 rings (SSSR count). The van der Waals surface area contributed by atoms with Crippen molar-refractivity contribution in [1.29, 1.82) is 0 Å². The summed E-state index contributed by atoms with van der Waals surface area (Å²) in [6.07, 6.45) is 1.88. The summed E-state index contributed by atoms with van der Waals surface area (Å²) in [5.74, 6) is 0.174. The Bertz CT molecular complexity index is 830. The third kappa shape index (κ3) is 4.31. The van der Waals surface area contributed by atoms with Crippen LogP contribution in [0.1, 0.15) is 37.6 Å². The average Bonchev–Trinajstić information content (AvgIpc) is 2.55. The fraction of sp³-hybridized carbons (Fsp3) is 0.400. The van der Waals surface area contributed by atoms with E-state index in [1.165, 1.54) is 6.07 Å². The van der Waals surface area contributed by atoms with Crippen LogP contribution in [-0.4, -0.2) is 28.1 Å². The van der Waals surface area contributed by atoms with Crippen molar-refractivity contribution in [1.82, 2.24) is 9.88 Å². The molecule has 0 fully saturated rings. The van der Waals surface area contributed by atoms with Gasteiger partial charge in [-0.1, -0.05) is 6.07 Å². The van der Waals surface area contributed by atoms with Gasteiger partial charge in [-0.05, 0) is 57.0 Å². The van der Waals surface area contributed by atoms with E-state index in [4.69, 9.17) is 9.47 Å². The monoisotopic (exact) mass is 358 g/mol. The maximum Gasteiger partial charge on any atom is 0.410 e. The molecule has 2 aromatic rings. The van der Waals surface area contributed by atoms with Gasteiger partial charge in [0.1, 0.15) is 11.4 Å². The molecule has 6 heteroatoms. The Morgan fingerprint density at radius 1 is 1.27 bits per heavy atom. The second-order valence-corrected chi connectivity index (χ2v) is 7.46. The van der Waals surface area contributed by atoms with Gasteiger partial charge in [-0.3, -0.25) is 4.98 Å². The number of aromatic nitrogens is 1. The van der Waals surface area contributed by atoms with E-state index in [2.05, 4.69) is 4.98 Å². The highest BCUT2D eigenvalue weighted by Crippen LogP contribution is 2.28. The Morgan fingerprint density at radius 2 is 2.04 bits per heavy atom. The van der Waals surface area contributed by atoms with Gasteiger partial charge >= 0.3 is 6.09 Å². The van der Waals surface area contributed by atoms with E-state index in [9.17, 15) is 9.18 Å². The first kappa shape index (κ1) is 18.2. The number of halogens is 1. The van der Waals surface area contributed by atoms with E-state index in [1.54, 1.807) is 29.3 Å². The largest absolute Gasteiger partial charge is 0.453 e. The van der Waals surface area contributed by atoms with Crippen molar-refractivity contribution in [2.75, 3.05) is 6.54 Å². The summed E-state index contributed by atoms with van der Waals surface area (Å²) in [7, 11) is 0. The summed E-state index contributed by atoms with van der Waals surface area (Å²) in [4.78, 5) is 18.3. The van der Waals surface area contributed by atoms with Gasteiger partial charge in [0.25, 0.3) is 0 Å². The van der Waals surface area contributed by atoms with Crippen LogP contribution in [0, 0.1) is 12.7 Å². The molecule has 26 heavy (non-hydrogen) atoms. The molecule has 0 bridgehead atoms. The number of amides is 1. The SMILES string of the molecule is Cc1ccc(Oc2cnc3c(c2)CN(C(=O)OC(C)(C)C)CC3)c(F)c1. The van der Waals surface area contributed by atoms with E-state index in [0.29, 0.717) is 25.3 Å². The molecule has 138 valence electrons. The maximum absolute atomic E-state index is 14.0. The molecular formula is C20H23FN2O3. The first-order valence-electron chi connectivity index (χ1n) is 8.61. The topological polar surface area (TPSA) is 51.7 Å². The fourth-order valence-electron chi connectivity index (χ4n) is 2.76. The molecular weight excluding hydrogens is 335 g/mol. The molecule has 1 amide bonds. The lowest BCUT2D eigenvalue weighted by Crippen LogP contribution is -2.40. The third-order valence-corrected chi connectivity index (χ3v) is 3.98. The van der Waals surface area contributed by atoms with Gasteiger partial charge in [-0.25, -0.2) is 9.18 Å². The first-order chi connectivity index (χ1) is 12.2. The van der Waals surface area contributed by atoms with Crippen molar-refractivity contribution < 1.29 is 18.7 Å². The van der Waals surface area contributed by atoms with Crippen LogP contribution in [0.2, 0.25) is 0 Å². The number of hydrogen-bond acceptors (Lipinski definition) is 4. The van der Waals surface area contributed by atoms with Crippen molar-refractivity contribution in [3.63, 3.8) is 0 Å². The molecule has 1 aliphatic heterocycles. The van der Waals surface area contributed by atoms with Crippen molar-refractivity contribution in [2.24, 2.45) is 0 Å². The quantitative estimate of drug-likeness (QED) is 0.786. The molecule has 0 aliphatic carbocycles. The van der Waals surface area contributed by atoms with Gasteiger partial charge in [0, 0.05) is 18.7 Å². The predicted octanol–water partition coefficient (Wildman–Crippen LogP) is 4.61. The zero-order chi connectivity index (χ0) is 18.9. The number of carbonyl (C=O) groups is 1. The molecule has 0 atom stereocenters. The van der Waals surface area contributed by atoms with Crippen molar-refractivity contribution in [2.45, 2.75) is 46.3 Å². The standard InChI is InChI=1S/C20H23FN2O3/c1-13-5-6-18(16(21)9-13)25-15-10-14-12-23(8-7-17(14)22-11-15)19(24)26-20(2,3)4/h5-6,9-11H,7-8,12H2,1-4H3. The van der Waals surface area contributed by atoms with E-state index >= 15 is 0 Å². The lowest BCUT2D eigenvalue weighted by Gasteiger charge is -2.30.